The number of hydrogen-bond donors (Lipinski definition) is 2. The van der Waals surface area contributed by atoms with E-state index in [4.69, 9.17) is 11.6 Å². The van der Waals surface area contributed by atoms with E-state index in [-0.39, 0.29) is 5.69 Å². The third-order valence-corrected chi connectivity index (χ3v) is 4.80. The zero-order valence-corrected chi connectivity index (χ0v) is 14.0. The summed E-state index contributed by atoms with van der Waals surface area (Å²) in [5.74, 6) is -0.951. The van der Waals surface area contributed by atoms with E-state index in [9.17, 15) is 9.90 Å². The average molecular weight is 345 g/mol. The molecule has 24 heavy (non-hydrogen) atoms. The minimum atomic E-state index is -0.951. The van der Waals surface area contributed by atoms with Crippen molar-refractivity contribution in [3.63, 3.8) is 0 Å². The van der Waals surface area contributed by atoms with Gasteiger partial charge in [0.25, 0.3) is 0 Å². The second-order valence-electron chi connectivity index (χ2n) is 6.19. The maximum Gasteiger partial charge on any atom is 0.356 e. The number of halogens is 1. The molecule has 1 aromatic carbocycles. The van der Waals surface area contributed by atoms with Crippen LogP contribution in [0.1, 0.15) is 27.4 Å². The van der Waals surface area contributed by atoms with E-state index in [1.54, 1.807) is 11.7 Å². The molecule has 0 saturated heterocycles. The summed E-state index contributed by atoms with van der Waals surface area (Å²) in [6.07, 6.45) is 0.705. The standard InChI is InChI=1S/C17H17ClN4O2/c1-21-15-9-22(5-4-13(15)16(20-21)17(23)24)8-12-7-10-6-11(18)2-3-14(10)19-12/h2-3,6-7,19H,4-5,8-9H2,1H3,(H,23,24). The van der Waals surface area contributed by atoms with Crippen LogP contribution in [0.2, 0.25) is 5.02 Å². The van der Waals surface area contributed by atoms with E-state index >= 15 is 0 Å². The summed E-state index contributed by atoms with van der Waals surface area (Å²) >= 11 is 6.04. The zero-order valence-electron chi connectivity index (χ0n) is 13.2. The summed E-state index contributed by atoms with van der Waals surface area (Å²) in [5.41, 5.74) is 4.23. The van der Waals surface area contributed by atoms with Gasteiger partial charge in [-0.3, -0.25) is 9.58 Å². The monoisotopic (exact) mass is 344 g/mol. The maximum absolute atomic E-state index is 11.3. The fourth-order valence-electron chi connectivity index (χ4n) is 3.42. The number of rotatable bonds is 3. The summed E-state index contributed by atoms with van der Waals surface area (Å²) < 4.78 is 1.69. The molecule has 0 saturated carbocycles. The molecule has 6 nitrogen and oxygen atoms in total. The lowest BCUT2D eigenvalue weighted by atomic mass is 10.0. The normalized spacial score (nSPS) is 14.9. The second-order valence-corrected chi connectivity index (χ2v) is 6.63. The lowest BCUT2D eigenvalue weighted by Crippen LogP contribution is -2.31. The molecule has 0 aliphatic carbocycles. The smallest absolute Gasteiger partial charge is 0.356 e. The highest BCUT2D eigenvalue weighted by molar-refractivity contribution is 6.31. The largest absolute Gasteiger partial charge is 0.476 e. The molecule has 2 aromatic heterocycles. The fourth-order valence-corrected chi connectivity index (χ4v) is 3.60. The lowest BCUT2D eigenvalue weighted by Gasteiger charge is -2.26. The van der Waals surface area contributed by atoms with Crippen LogP contribution < -0.4 is 0 Å². The topological polar surface area (TPSA) is 74.2 Å². The van der Waals surface area contributed by atoms with Crippen LogP contribution in [0.5, 0.6) is 0 Å². The van der Waals surface area contributed by atoms with Gasteiger partial charge in [-0.15, -0.1) is 0 Å². The third kappa shape index (κ3) is 2.57. The van der Waals surface area contributed by atoms with Crippen molar-refractivity contribution in [1.29, 1.82) is 0 Å². The van der Waals surface area contributed by atoms with Gasteiger partial charge < -0.3 is 10.1 Å². The first kappa shape index (κ1) is 15.2. The van der Waals surface area contributed by atoms with Crippen LogP contribution in [-0.2, 0) is 26.6 Å². The van der Waals surface area contributed by atoms with Gasteiger partial charge >= 0.3 is 5.97 Å². The quantitative estimate of drug-likeness (QED) is 0.766. The van der Waals surface area contributed by atoms with Gasteiger partial charge in [-0.25, -0.2) is 4.79 Å². The highest BCUT2D eigenvalue weighted by atomic mass is 35.5. The summed E-state index contributed by atoms with van der Waals surface area (Å²) in [6, 6.07) is 7.92. The van der Waals surface area contributed by atoms with Crippen LogP contribution >= 0.6 is 11.6 Å². The molecule has 0 atom stereocenters. The molecule has 3 aromatic rings. The van der Waals surface area contributed by atoms with E-state index in [2.05, 4.69) is 21.0 Å². The van der Waals surface area contributed by atoms with E-state index in [1.807, 2.05) is 18.2 Å². The number of aromatic amines is 1. The maximum atomic E-state index is 11.3. The van der Waals surface area contributed by atoms with Crippen LogP contribution in [0.4, 0.5) is 0 Å². The first-order valence-corrected chi connectivity index (χ1v) is 8.16. The zero-order chi connectivity index (χ0) is 16.8. The molecule has 2 N–H and O–H groups in total. The van der Waals surface area contributed by atoms with Crippen molar-refractivity contribution >= 4 is 28.5 Å². The minimum absolute atomic E-state index is 0.187. The van der Waals surface area contributed by atoms with Gasteiger partial charge in [0.2, 0.25) is 0 Å². The van der Waals surface area contributed by atoms with E-state index in [1.165, 1.54) is 0 Å². The molecule has 0 amide bonds. The van der Waals surface area contributed by atoms with Crippen molar-refractivity contribution in [3.8, 4) is 0 Å². The molecule has 4 rings (SSSR count). The molecule has 1 aliphatic rings. The predicted octanol–water partition coefficient (Wildman–Crippen LogP) is 2.81. The summed E-state index contributed by atoms with van der Waals surface area (Å²) in [7, 11) is 1.81. The number of hydrogen-bond acceptors (Lipinski definition) is 3. The summed E-state index contributed by atoms with van der Waals surface area (Å²) in [5, 5.41) is 15.2. The second kappa shape index (κ2) is 5.65. The molecule has 0 spiro atoms. The van der Waals surface area contributed by atoms with E-state index in [0.29, 0.717) is 13.0 Å². The van der Waals surface area contributed by atoms with Gasteiger partial charge in [0.15, 0.2) is 5.69 Å². The Hall–Kier alpha value is -2.31. The molecule has 0 fully saturated rings. The van der Waals surface area contributed by atoms with Gasteiger partial charge in [0, 0.05) is 53.9 Å². The SMILES string of the molecule is Cn1nc(C(=O)O)c2c1CN(Cc1cc3cc(Cl)ccc3[nH]1)CC2. The molecule has 0 radical (unpaired) electrons. The Balaban J connectivity index is 1.57. The lowest BCUT2D eigenvalue weighted by molar-refractivity contribution is 0.0688. The number of nitrogens with zero attached hydrogens (tertiary/aromatic N) is 3. The number of nitrogens with one attached hydrogen (secondary N) is 1. The Morgan fingerprint density at radius 1 is 1.42 bits per heavy atom. The van der Waals surface area contributed by atoms with Crippen molar-refractivity contribution < 1.29 is 9.90 Å². The molecular weight excluding hydrogens is 328 g/mol. The van der Waals surface area contributed by atoms with Crippen molar-refractivity contribution in [1.82, 2.24) is 19.7 Å². The first-order valence-electron chi connectivity index (χ1n) is 7.79. The molecule has 7 heteroatoms. The van der Waals surface area contributed by atoms with Gasteiger partial charge in [-0.2, -0.15) is 5.10 Å². The summed E-state index contributed by atoms with van der Waals surface area (Å²) in [6.45, 7) is 2.29. The highest BCUT2D eigenvalue weighted by Gasteiger charge is 2.26. The van der Waals surface area contributed by atoms with Crippen LogP contribution in [0, 0.1) is 0 Å². The molecule has 0 bridgehead atoms. The van der Waals surface area contributed by atoms with Crippen LogP contribution in [0.15, 0.2) is 24.3 Å². The van der Waals surface area contributed by atoms with Gasteiger partial charge in [-0.1, -0.05) is 11.6 Å². The first-order chi connectivity index (χ1) is 11.5. The number of aromatic carboxylic acids is 1. The molecule has 1 aliphatic heterocycles. The Kier molecular flexibility index (Phi) is 3.58. The number of carbonyl (C=O) groups is 1. The Morgan fingerprint density at radius 2 is 2.25 bits per heavy atom. The summed E-state index contributed by atoms with van der Waals surface area (Å²) in [4.78, 5) is 17.0. The van der Waals surface area contributed by atoms with Gasteiger partial charge in [0.1, 0.15) is 0 Å². The van der Waals surface area contributed by atoms with Gasteiger partial charge in [0.05, 0.1) is 5.69 Å². The number of aryl methyl sites for hydroxylation is 1. The van der Waals surface area contributed by atoms with E-state index in [0.717, 1.165) is 46.0 Å². The minimum Gasteiger partial charge on any atom is -0.476 e. The number of fused-ring (bicyclic) bond motifs is 2. The van der Waals surface area contributed by atoms with Crippen LogP contribution in [-0.4, -0.2) is 37.3 Å². The van der Waals surface area contributed by atoms with E-state index < -0.39 is 5.97 Å². The van der Waals surface area contributed by atoms with Crippen LogP contribution in [0.3, 0.4) is 0 Å². The average Bonchev–Trinajstić information content (AvgIpc) is 3.08. The third-order valence-electron chi connectivity index (χ3n) is 4.56. The Bertz CT molecular complexity index is 944. The number of benzene rings is 1. The molecular formula is C17H17ClN4O2. The van der Waals surface area contributed by atoms with Crippen molar-refractivity contribution in [2.75, 3.05) is 6.54 Å². The fraction of sp³-hybridized carbons (Fsp3) is 0.294. The van der Waals surface area contributed by atoms with Crippen LogP contribution in [0.25, 0.3) is 10.9 Å². The Morgan fingerprint density at radius 3 is 3.04 bits per heavy atom. The highest BCUT2D eigenvalue weighted by Crippen LogP contribution is 2.25. The van der Waals surface area contributed by atoms with Crippen molar-refractivity contribution in [2.24, 2.45) is 7.05 Å². The Labute approximate surface area is 143 Å². The predicted molar refractivity (Wildman–Crippen MR) is 91.3 cm³/mol. The number of carboxylic acids is 1. The number of aromatic nitrogens is 3. The molecule has 0 unspecified atom stereocenters. The number of carboxylic acid groups (broad SMARTS) is 1. The van der Waals surface area contributed by atoms with Gasteiger partial charge in [-0.05, 0) is 30.7 Å². The van der Waals surface area contributed by atoms with Crippen molar-refractivity contribution in [2.45, 2.75) is 19.5 Å². The van der Waals surface area contributed by atoms with Crippen molar-refractivity contribution in [3.05, 3.63) is 51.9 Å². The number of H-pyrrole nitrogens is 1. The molecule has 3 heterocycles. The molecule has 124 valence electrons.